The second kappa shape index (κ2) is 8.74. The molecular weight excluding hydrogens is 392 g/mol. The lowest BCUT2D eigenvalue weighted by Gasteiger charge is -2.35. The lowest BCUT2D eigenvalue weighted by molar-refractivity contribution is 0.0775. The molecule has 1 fully saturated rings. The maximum absolute atomic E-state index is 12.4. The van der Waals surface area contributed by atoms with Crippen molar-refractivity contribution >= 4 is 33.3 Å². The Kier molecular flexibility index (Phi) is 5.69. The lowest BCUT2D eigenvalue weighted by Crippen LogP contribution is -2.46. The molecule has 0 aliphatic carbocycles. The van der Waals surface area contributed by atoms with E-state index in [1.165, 1.54) is 28.5 Å². The molecule has 2 aliphatic heterocycles. The first-order valence-electron chi connectivity index (χ1n) is 11.0. The van der Waals surface area contributed by atoms with Crippen LogP contribution in [0.4, 0.5) is 5.82 Å². The summed E-state index contributed by atoms with van der Waals surface area (Å²) < 4.78 is 5.98. The largest absolute Gasteiger partial charge is 0.353 e. The number of unbranched alkanes of at least 4 members (excludes halogenated alkanes) is 2. The van der Waals surface area contributed by atoms with E-state index in [9.17, 15) is 4.79 Å². The molecule has 6 heteroatoms. The summed E-state index contributed by atoms with van der Waals surface area (Å²) in [5.74, 6) is 1.36. The number of hydrogen-bond acceptors (Lipinski definition) is 5. The Morgan fingerprint density at radius 2 is 1.63 bits per heavy atom. The van der Waals surface area contributed by atoms with Crippen LogP contribution in [0.25, 0.3) is 10.1 Å². The highest BCUT2D eigenvalue weighted by Gasteiger charge is 2.26. The summed E-state index contributed by atoms with van der Waals surface area (Å²) in [6, 6.07) is 16.5. The number of piperazine rings is 1. The minimum absolute atomic E-state index is 0.205. The van der Waals surface area contributed by atoms with Crippen LogP contribution in [-0.2, 0) is 6.54 Å². The summed E-state index contributed by atoms with van der Waals surface area (Å²) in [4.78, 5) is 19.4. The number of amides is 1. The van der Waals surface area contributed by atoms with E-state index in [0.29, 0.717) is 0 Å². The number of benzene rings is 2. The highest BCUT2D eigenvalue weighted by molar-refractivity contribution is 7.13. The first kappa shape index (κ1) is 19.5. The quantitative estimate of drug-likeness (QED) is 0.536. The Balaban J connectivity index is 1.02. The minimum atomic E-state index is 0.205. The zero-order chi connectivity index (χ0) is 20.3. The highest BCUT2D eigenvalue weighted by atomic mass is 32.1. The molecule has 156 valence electrons. The van der Waals surface area contributed by atoms with Crippen LogP contribution in [-0.4, -0.2) is 59.3 Å². The minimum Gasteiger partial charge on any atom is -0.353 e. The number of nitrogens with zero attached hydrogens (tertiary/aromatic N) is 4. The van der Waals surface area contributed by atoms with Crippen LogP contribution >= 0.6 is 11.5 Å². The molecule has 3 aromatic rings. The van der Waals surface area contributed by atoms with Gasteiger partial charge in [-0.15, -0.1) is 0 Å². The van der Waals surface area contributed by atoms with Gasteiger partial charge in [-0.1, -0.05) is 36.8 Å². The van der Waals surface area contributed by atoms with E-state index in [1.54, 1.807) is 11.5 Å². The smallest absolute Gasteiger partial charge is 0.254 e. The van der Waals surface area contributed by atoms with Gasteiger partial charge in [0.05, 0.1) is 4.70 Å². The second-order valence-corrected chi connectivity index (χ2v) is 9.08. The molecule has 0 unspecified atom stereocenters. The second-order valence-electron chi connectivity index (χ2n) is 8.28. The van der Waals surface area contributed by atoms with Gasteiger partial charge in [0.15, 0.2) is 0 Å². The zero-order valence-electron chi connectivity index (χ0n) is 17.3. The molecule has 1 aromatic heterocycles. The lowest BCUT2D eigenvalue weighted by atomic mass is 10.1. The van der Waals surface area contributed by atoms with Crippen molar-refractivity contribution in [2.24, 2.45) is 0 Å². The van der Waals surface area contributed by atoms with E-state index in [4.69, 9.17) is 4.37 Å². The Labute approximate surface area is 182 Å². The molecule has 0 N–H and O–H groups in total. The summed E-state index contributed by atoms with van der Waals surface area (Å²) >= 11 is 1.60. The molecule has 0 radical (unpaired) electrons. The third-order valence-corrected chi connectivity index (χ3v) is 7.15. The van der Waals surface area contributed by atoms with Gasteiger partial charge in [-0.25, -0.2) is 0 Å². The number of carbonyl (C=O) groups excluding carboxylic acids is 1. The van der Waals surface area contributed by atoms with Gasteiger partial charge in [0.1, 0.15) is 5.82 Å². The van der Waals surface area contributed by atoms with Gasteiger partial charge in [0, 0.05) is 50.2 Å². The molecule has 3 heterocycles. The third-order valence-electron chi connectivity index (χ3n) is 6.33. The van der Waals surface area contributed by atoms with E-state index in [0.717, 1.165) is 63.6 Å². The van der Waals surface area contributed by atoms with Crippen LogP contribution in [0.15, 0.2) is 48.5 Å². The molecule has 0 bridgehead atoms. The van der Waals surface area contributed by atoms with Crippen molar-refractivity contribution in [1.29, 1.82) is 0 Å². The third kappa shape index (κ3) is 3.94. The average Bonchev–Trinajstić information content (AvgIpc) is 3.36. The number of carbonyl (C=O) groups is 1. The van der Waals surface area contributed by atoms with Crippen molar-refractivity contribution < 1.29 is 4.79 Å². The van der Waals surface area contributed by atoms with E-state index in [1.807, 2.05) is 23.1 Å². The molecule has 1 saturated heterocycles. The van der Waals surface area contributed by atoms with E-state index in [-0.39, 0.29) is 5.91 Å². The number of aromatic nitrogens is 1. The topological polar surface area (TPSA) is 39.7 Å². The summed E-state index contributed by atoms with van der Waals surface area (Å²) in [5.41, 5.74) is 2.07. The Morgan fingerprint density at radius 3 is 2.50 bits per heavy atom. The number of anilines is 1. The Bertz CT molecular complexity index is 1020. The number of rotatable bonds is 7. The molecular formula is C24H28N4OS. The summed E-state index contributed by atoms with van der Waals surface area (Å²) in [6.45, 7) is 7.11. The molecule has 2 aliphatic rings. The molecule has 0 atom stereocenters. The number of fused-ring (bicyclic) bond motifs is 2. The van der Waals surface area contributed by atoms with Crippen molar-refractivity contribution in [3.63, 3.8) is 0 Å². The van der Waals surface area contributed by atoms with Gasteiger partial charge in [-0.05, 0) is 54.7 Å². The normalized spacial score (nSPS) is 17.1. The van der Waals surface area contributed by atoms with Crippen LogP contribution in [0.5, 0.6) is 0 Å². The van der Waals surface area contributed by atoms with Crippen LogP contribution in [0.2, 0.25) is 0 Å². The molecule has 1 amide bonds. The van der Waals surface area contributed by atoms with Crippen molar-refractivity contribution in [2.45, 2.75) is 25.8 Å². The summed E-state index contributed by atoms with van der Waals surface area (Å²) in [5, 5.41) is 1.29. The molecule has 5 rings (SSSR count). The van der Waals surface area contributed by atoms with Gasteiger partial charge in [0.25, 0.3) is 5.91 Å². The zero-order valence-corrected chi connectivity index (χ0v) is 18.1. The maximum atomic E-state index is 12.4. The average molecular weight is 421 g/mol. The van der Waals surface area contributed by atoms with Gasteiger partial charge >= 0.3 is 0 Å². The van der Waals surface area contributed by atoms with Crippen molar-refractivity contribution in [1.82, 2.24) is 14.2 Å². The maximum Gasteiger partial charge on any atom is 0.254 e. The fourth-order valence-electron chi connectivity index (χ4n) is 4.59. The van der Waals surface area contributed by atoms with Crippen molar-refractivity contribution in [3.05, 3.63) is 59.7 Å². The first-order valence-corrected chi connectivity index (χ1v) is 11.8. The van der Waals surface area contributed by atoms with Crippen molar-refractivity contribution in [3.8, 4) is 0 Å². The summed E-state index contributed by atoms with van der Waals surface area (Å²) in [6.07, 6.45) is 3.47. The predicted octanol–water partition coefficient (Wildman–Crippen LogP) is 4.24. The summed E-state index contributed by atoms with van der Waals surface area (Å²) in [7, 11) is 0. The fourth-order valence-corrected chi connectivity index (χ4v) is 5.39. The van der Waals surface area contributed by atoms with Crippen LogP contribution in [0.3, 0.4) is 0 Å². The molecule has 5 nitrogen and oxygen atoms in total. The van der Waals surface area contributed by atoms with Crippen LogP contribution in [0.1, 0.15) is 35.2 Å². The van der Waals surface area contributed by atoms with E-state index >= 15 is 0 Å². The van der Waals surface area contributed by atoms with E-state index < -0.39 is 0 Å². The molecule has 2 aromatic carbocycles. The van der Waals surface area contributed by atoms with Gasteiger partial charge in [0.2, 0.25) is 0 Å². The molecule has 0 spiro atoms. The predicted molar refractivity (Wildman–Crippen MR) is 123 cm³/mol. The first-order chi connectivity index (χ1) is 14.8. The molecule has 0 saturated carbocycles. The van der Waals surface area contributed by atoms with Gasteiger partial charge in [-0.2, -0.15) is 4.37 Å². The van der Waals surface area contributed by atoms with Gasteiger partial charge < -0.3 is 9.80 Å². The standard InChI is InChI=1S/C24H28N4OS/c29-24-20-9-3-2-8-19(20)18-28(24)13-7-1-6-12-26-14-16-27(17-15-26)23-21-10-4-5-11-22(21)30-25-23/h2-5,8-11H,1,6-7,12-18H2. The molecule has 30 heavy (non-hydrogen) atoms. The number of hydrogen-bond donors (Lipinski definition) is 0. The van der Waals surface area contributed by atoms with Crippen LogP contribution < -0.4 is 4.90 Å². The SMILES string of the molecule is O=C1c2ccccc2CN1CCCCCN1CCN(c2nsc3ccccc23)CC1. The highest BCUT2D eigenvalue weighted by Crippen LogP contribution is 2.30. The Hall–Kier alpha value is -2.44. The van der Waals surface area contributed by atoms with Crippen LogP contribution in [0, 0.1) is 0 Å². The van der Waals surface area contributed by atoms with Crippen molar-refractivity contribution in [2.75, 3.05) is 44.2 Å². The monoisotopic (exact) mass is 420 g/mol. The van der Waals surface area contributed by atoms with Gasteiger partial charge in [-0.3, -0.25) is 9.69 Å². The van der Waals surface area contributed by atoms with E-state index in [2.05, 4.69) is 40.1 Å². The fraction of sp³-hybridized carbons (Fsp3) is 0.417. The Morgan fingerprint density at radius 1 is 0.867 bits per heavy atom.